The van der Waals surface area contributed by atoms with Crippen LogP contribution in [0.4, 0.5) is 6.01 Å². The molecule has 2 rings (SSSR count). The lowest BCUT2D eigenvalue weighted by Gasteiger charge is -2.29. The van der Waals surface area contributed by atoms with Gasteiger partial charge in [-0.3, -0.25) is 0 Å². The van der Waals surface area contributed by atoms with E-state index in [0.29, 0.717) is 30.5 Å². The Kier molecular flexibility index (Phi) is 4.54. The summed E-state index contributed by atoms with van der Waals surface area (Å²) < 4.78 is 11.0. The van der Waals surface area contributed by atoms with Crippen LogP contribution >= 0.6 is 0 Å². The SMILES string of the molecule is CC(C)NCc1nnc(N(C)C2CCOCC2)o1. The smallest absolute Gasteiger partial charge is 0.318 e. The maximum absolute atomic E-state index is 5.65. The van der Waals surface area contributed by atoms with Gasteiger partial charge in [-0.2, -0.15) is 0 Å². The first kappa shape index (κ1) is 13.3. The Hall–Kier alpha value is -1.14. The van der Waals surface area contributed by atoms with Gasteiger partial charge in [0.2, 0.25) is 5.89 Å². The minimum Gasteiger partial charge on any atom is -0.407 e. The predicted octanol–water partition coefficient (Wildman–Crippen LogP) is 1.18. The monoisotopic (exact) mass is 254 g/mol. The second-order valence-corrected chi connectivity index (χ2v) is 4.97. The zero-order chi connectivity index (χ0) is 13.0. The standard InChI is InChI=1S/C12H22N4O2/c1-9(2)13-8-11-14-15-12(18-11)16(3)10-4-6-17-7-5-10/h9-10,13H,4-8H2,1-3H3. The number of hydrogen-bond acceptors (Lipinski definition) is 6. The molecule has 0 radical (unpaired) electrons. The molecule has 1 aliphatic rings. The molecule has 0 amide bonds. The van der Waals surface area contributed by atoms with Crippen molar-refractivity contribution >= 4 is 6.01 Å². The summed E-state index contributed by atoms with van der Waals surface area (Å²) in [4.78, 5) is 2.06. The highest BCUT2D eigenvalue weighted by atomic mass is 16.5. The maximum atomic E-state index is 5.65. The van der Waals surface area contributed by atoms with Gasteiger partial charge in [0.05, 0.1) is 6.54 Å². The van der Waals surface area contributed by atoms with E-state index in [1.54, 1.807) is 0 Å². The fraction of sp³-hybridized carbons (Fsp3) is 0.833. The molecule has 6 nitrogen and oxygen atoms in total. The lowest BCUT2D eigenvalue weighted by Crippen LogP contribution is -2.36. The van der Waals surface area contributed by atoms with Crippen molar-refractivity contribution in [3.05, 3.63) is 5.89 Å². The van der Waals surface area contributed by atoms with E-state index in [2.05, 4.69) is 34.3 Å². The van der Waals surface area contributed by atoms with Crippen molar-refractivity contribution < 1.29 is 9.15 Å². The van der Waals surface area contributed by atoms with Crippen LogP contribution in [0.2, 0.25) is 0 Å². The number of hydrogen-bond donors (Lipinski definition) is 1. The average molecular weight is 254 g/mol. The molecule has 0 aliphatic carbocycles. The van der Waals surface area contributed by atoms with Gasteiger partial charge in [0.25, 0.3) is 0 Å². The van der Waals surface area contributed by atoms with Gasteiger partial charge in [-0.1, -0.05) is 18.9 Å². The fourth-order valence-electron chi connectivity index (χ4n) is 1.98. The topological polar surface area (TPSA) is 63.4 Å². The molecule has 2 heterocycles. The maximum Gasteiger partial charge on any atom is 0.318 e. The van der Waals surface area contributed by atoms with Crippen molar-refractivity contribution in [3.8, 4) is 0 Å². The van der Waals surface area contributed by atoms with Crippen LogP contribution in [-0.2, 0) is 11.3 Å². The molecular formula is C12H22N4O2. The van der Waals surface area contributed by atoms with Crippen LogP contribution in [0.15, 0.2) is 4.42 Å². The molecule has 1 aromatic heterocycles. The number of nitrogens with zero attached hydrogens (tertiary/aromatic N) is 3. The Labute approximate surface area is 108 Å². The molecule has 18 heavy (non-hydrogen) atoms. The van der Waals surface area contributed by atoms with Crippen LogP contribution in [0, 0.1) is 0 Å². The first-order valence-corrected chi connectivity index (χ1v) is 6.53. The Morgan fingerprint density at radius 3 is 2.72 bits per heavy atom. The third-order valence-electron chi connectivity index (χ3n) is 3.16. The quantitative estimate of drug-likeness (QED) is 0.851. The Morgan fingerprint density at radius 2 is 2.06 bits per heavy atom. The molecule has 0 bridgehead atoms. The normalized spacial score (nSPS) is 17.3. The number of aromatic nitrogens is 2. The molecule has 0 unspecified atom stereocenters. The predicted molar refractivity (Wildman–Crippen MR) is 68.5 cm³/mol. The number of nitrogens with one attached hydrogen (secondary N) is 1. The summed E-state index contributed by atoms with van der Waals surface area (Å²) in [6, 6.07) is 1.45. The van der Waals surface area contributed by atoms with E-state index in [1.165, 1.54) is 0 Å². The second kappa shape index (κ2) is 6.15. The van der Waals surface area contributed by atoms with Crippen molar-refractivity contribution in [3.63, 3.8) is 0 Å². The second-order valence-electron chi connectivity index (χ2n) is 4.97. The van der Waals surface area contributed by atoms with E-state index in [-0.39, 0.29) is 0 Å². The largest absolute Gasteiger partial charge is 0.407 e. The van der Waals surface area contributed by atoms with Gasteiger partial charge in [0, 0.05) is 32.3 Å². The average Bonchev–Trinajstić information content (AvgIpc) is 2.85. The summed E-state index contributed by atoms with van der Waals surface area (Å²) in [5, 5.41) is 11.4. The zero-order valence-electron chi connectivity index (χ0n) is 11.3. The van der Waals surface area contributed by atoms with Crippen molar-refractivity contribution in [2.24, 2.45) is 0 Å². The van der Waals surface area contributed by atoms with Gasteiger partial charge in [-0.05, 0) is 12.8 Å². The van der Waals surface area contributed by atoms with Crippen molar-refractivity contribution in [1.82, 2.24) is 15.5 Å². The third kappa shape index (κ3) is 3.43. The van der Waals surface area contributed by atoms with E-state index in [4.69, 9.17) is 9.15 Å². The van der Waals surface area contributed by atoms with Crippen LogP contribution in [0.5, 0.6) is 0 Å². The van der Waals surface area contributed by atoms with Crippen molar-refractivity contribution in [1.29, 1.82) is 0 Å². The summed E-state index contributed by atoms with van der Waals surface area (Å²) in [7, 11) is 2.00. The molecule has 6 heteroatoms. The molecular weight excluding hydrogens is 232 g/mol. The molecule has 1 N–H and O–H groups in total. The molecule has 102 valence electrons. The van der Waals surface area contributed by atoms with E-state index < -0.39 is 0 Å². The Balaban J connectivity index is 1.91. The van der Waals surface area contributed by atoms with Crippen LogP contribution < -0.4 is 10.2 Å². The van der Waals surface area contributed by atoms with Gasteiger partial charge in [-0.25, -0.2) is 0 Å². The Bertz CT molecular complexity index is 361. The minimum atomic E-state index is 0.411. The lowest BCUT2D eigenvalue weighted by atomic mass is 10.1. The van der Waals surface area contributed by atoms with E-state index >= 15 is 0 Å². The van der Waals surface area contributed by atoms with Crippen LogP contribution in [0.3, 0.4) is 0 Å². The highest BCUT2D eigenvalue weighted by molar-refractivity contribution is 5.24. The fourth-order valence-corrected chi connectivity index (χ4v) is 1.98. The van der Waals surface area contributed by atoms with Crippen LogP contribution in [0.25, 0.3) is 0 Å². The van der Waals surface area contributed by atoms with Gasteiger partial charge in [-0.15, -0.1) is 5.10 Å². The highest BCUT2D eigenvalue weighted by Crippen LogP contribution is 2.19. The molecule has 1 aromatic rings. The van der Waals surface area contributed by atoms with Crippen LogP contribution in [0.1, 0.15) is 32.6 Å². The molecule has 1 saturated heterocycles. The van der Waals surface area contributed by atoms with Crippen molar-refractivity contribution in [2.45, 2.75) is 45.3 Å². The van der Waals surface area contributed by atoms with E-state index in [0.717, 1.165) is 26.1 Å². The van der Waals surface area contributed by atoms with Gasteiger partial charge in [0.1, 0.15) is 0 Å². The Morgan fingerprint density at radius 1 is 1.33 bits per heavy atom. The molecule has 0 atom stereocenters. The number of rotatable bonds is 5. The number of anilines is 1. The zero-order valence-corrected chi connectivity index (χ0v) is 11.3. The summed E-state index contributed by atoms with van der Waals surface area (Å²) in [6.45, 7) is 6.42. The first-order valence-electron chi connectivity index (χ1n) is 6.53. The van der Waals surface area contributed by atoms with Gasteiger partial charge < -0.3 is 19.4 Å². The number of ether oxygens (including phenoxy) is 1. The van der Waals surface area contributed by atoms with Crippen LogP contribution in [-0.4, -0.2) is 42.5 Å². The molecule has 1 fully saturated rings. The molecule has 1 aliphatic heterocycles. The molecule has 0 saturated carbocycles. The van der Waals surface area contributed by atoms with E-state index in [1.807, 2.05) is 7.05 Å². The third-order valence-corrected chi connectivity index (χ3v) is 3.16. The first-order chi connectivity index (χ1) is 8.66. The summed E-state index contributed by atoms with van der Waals surface area (Å²) >= 11 is 0. The van der Waals surface area contributed by atoms with E-state index in [9.17, 15) is 0 Å². The summed E-state index contributed by atoms with van der Waals surface area (Å²) in [5.74, 6) is 0.637. The van der Waals surface area contributed by atoms with Crippen molar-refractivity contribution in [2.75, 3.05) is 25.2 Å². The minimum absolute atomic E-state index is 0.411. The van der Waals surface area contributed by atoms with Gasteiger partial charge in [0.15, 0.2) is 0 Å². The van der Waals surface area contributed by atoms with Gasteiger partial charge >= 0.3 is 6.01 Å². The summed E-state index contributed by atoms with van der Waals surface area (Å²) in [6.07, 6.45) is 2.02. The highest BCUT2D eigenvalue weighted by Gasteiger charge is 2.22. The molecule has 0 aromatic carbocycles. The lowest BCUT2D eigenvalue weighted by molar-refractivity contribution is 0.0845. The molecule has 0 spiro atoms. The summed E-state index contributed by atoms with van der Waals surface area (Å²) in [5.41, 5.74) is 0.